The van der Waals surface area contributed by atoms with Gasteiger partial charge in [-0.1, -0.05) is 50.8 Å². The Balaban J connectivity index is 0.000000353. The maximum atomic E-state index is 12.1. The van der Waals surface area contributed by atoms with E-state index in [4.69, 9.17) is 9.84 Å². The molecule has 1 aromatic carbocycles. The SMILES string of the molecule is C=CCCCCC[NH2+]CC(=O)N1CCCC1C(=O)OC.C=Cc1cccc2c1CN(C(=O)O)C2.CC. The number of ether oxygens (including phenoxy) is 1. The van der Waals surface area contributed by atoms with Crippen LogP contribution in [0.1, 0.15) is 69.1 Å². The minimum absolute atomic E-state index is 0.0454. The van der Waals surface area contributed by atoms with Crippen LogP contribution in [0.5, 0.6) is 0 Å². The average Bonchev–Trinajstić information content (AvgIpc) is 3.57. The molecule has 1 fully saturated rings. The van der Waals surface area contributed by atoms with E-state index in [1.54, 1.807) is 11.0 Å². The molecular weight excluding hydrogens is 458 g/mol. The molecule has 8 nitrogen and oxygen atoms in total. The maximum Gasteiger partial charge on any atom is 0.407 e. The first-order valence-corrected chi connectivity index (χ1v) is 12.9. The Morgan fingerprint density at radius 1 is 1.17 bits per heavy atom. The fraction of sp³-hybridized carbons (Fsp3) is 0.536. The number of esters is 1. The van der Waals surface area contributed by atoms with Crippen LogP contribution >= 0.6 is 0 Å². The van der Waals surface area contributed by atoms with Gasteiger partial charge in [-0.2, -0.15) is 0 Å². The van der Waals surface area contributed by atoms with Gasteiger partial charge in [0, 0.05) is 13.1 Å². The van der Waals surface area contributed by atoms with E-state index in [2.05, 4.69) is 13.2 Å². The van der Waals surface area contributed by atoms with E-state index in [-0.39, 0.29) is 17.9 Å². The average molecular weight is 503 g/mol. The number of carboxylic acid groups (broad SMARTS) is 1. The number of hydrogen-bond donors (Lipinski definition) is 2. The molecule has 1 aromatic rings. The van der Waals surface area contributed by atoms with Gasteiger partial charge in [-0.05, 0) is 55.2 Å². The number of rotatable bonds is 10. The molecule has 0 saturated carbocycles. The number of hydrogen-bond acceptors (Lipinski definition) is 4. The van der Waals surface area contributed by atoms with Gasteiger partial charge in [0.05, 0.1) is 20.2 Å². The predicted octanol–water partition coefficient (Wildman–Crippen LogP) is 3.81. The van der Waals surface area contributed by atoms with Gasteiger partial charge in [0.15, 0.2) is 6.54 Å². The molecule has 2 heterocycles. The van der Waals surface area contributed by atoms with Crippen molar-refractivity contribution >= 4 is 24.0 Å². The van der Waals surface area contributed by atoms with Crippen LogP contribution in [0.4, 0.5) is 4.79 Å². The minimum atomic E-state index is -0.865. The summed E-state index contributed by atoms with van der Waals surface area (Å²) >= 11 is 0. The molecular formula is C28H44N3O5+. The lowest BCUT2D eigenvalue weighted by Gasteiger charge is -2.21. The fourth-order valence-corrected chi connectivity index (χ4v) is 4.32. The number of benzene rings is 1. The molecule has 0 aromatic heterocycles. The van der Waals surface area contributed by atoms with Crippen molar-refractivity contribution in [1.82, 2.24) is 9.80 Å². The van der Waals surface area contributed by atoms with Crippen molar-refractivity contribution in [3.8, 4) is 0 Å². The quantitative estimate of drug-likeness (QED) is 0.288. The summed E-state index contributed by atoms with van der Waals surface area (Å²) in [7, 11) is 1.37. The number of likely N-dealkylation sites (tertiary alicyclic amines) is 1. The van der Waals surface area contributed by atoms with Crippen LogP contribution in [-0.2, 0) is 27.4 Å². The number of allylic oxidation sites excluding steroid dienone is 1. The molecule has 0 bridgehead atoms. The van der Waals surface area contributed by atoms with Gasteiger partial charge in [0.25, 0.3) is 5.91 Å². The first-order chi connectivity index (χ1) is 17.4. The Morgan fingerprint density at radius 3 is 2.56 bits per heavy atom. The standard InChI is InChI=1S/C15H26N2O3.C11H11NO2.C2H6/c1-3-4-5-6-7-10-16-12-14(18)17-11-8-9-13(17)15(19)20-2;1-2-8-4-3-5-9-6-12(11(13)14)7-10(8)9;1-2/h3,13,16H,1,4-12H2,2H3;2-5H,1,6-7H2,(H,13,14);1-2H3/p+1. The number of carbonyl (C=O) groups is 3. The summed E-state index contributed by atoms with van der Waals surface area (Å²) in [6.07, 6.45) is 8.96. The van der Waals surface area contributed by atoms with Gasteiger partial charge < -0.3 is 20.1 Å². The lowest BCUT2D eigenvalue weighted by molar-refractivity contribution is -0.644. The minimum Gasteiger partial charge on any atom is -0.467 e. The monoisotopic (exact) mass is 502 g/mol. The third-order valence-electron chi connectivity index (χ3n) is 6.19. The van der Waals surface area contributed by atoms with Crippen LogP contribution in [0.3, 0.4) is 0 Å². The van der Waals surface area contributed by atoms with E-state index in [1.807, 2.05) is 43.4 Å². The third-order valence-corrected chi connectivity index (χ3v) is 6.19. The lowest BCUT2D eigenvalue weighted by Crippen LogP contribution is -2.86. The smallest absolute Gasteiger partial charge is 0.407 e. The number of quaternary nitrogens is 1. The van der Waals surface area contributed by atoms with E-state index < -0.39 is 6.09 Å². The van der Waals surface area contributed by atoms with Crippen LogP contribution in [0.15, 0.2) is 37.4 Å². The molecule has 3 rings (SSSR count). The predicted molar refractivity (Wildman–Crippen MR) is 142 cm³/mol. The Labute approximate surface area is 216 Å². The van der Waals surface area contributed by atoms with Gasteiger partial charge in [-0.15, -0.1) is 6.58 Å². The zero-order valence-corrected chi connectivity index (χ0v) is 22.2. The number of carbonyl (C=O) groups excluding carboxylic acids is 2. The normalized spacial score (nSPS) is 15.6. The van der Waals surface area contributed by atoms with Crippen LogP contribution in [0, 0.1) is 0 Å². The summed E-state index contributed by atoms with van der Waals surface area (Å²) in [5.41, 5.74) is 3.21. The highest BCUT2D eigenvalue weighted by Crippen LogP contribution is 2.26. The number of unbranched alkanes of at least 4 members (excludes halogenated alkanes) is 3. The first-order valence-electron chi connectivity index (χ1n) is 12.9. The summed E-state index contributed by atoms with van der Waals surface area (Å²) in [6.45, 7) is 14.4. The van der Waals surface area contributed by atoms with Crippen molar-refractivity contribution in [2.45, 2.75) is 71.5 Å². The molecule has 0 radical (unpaired) electrons. The molecule has 36 heavy (non-hydrogen) atoms. The molecule has 1 saturated heterocycles. The first kappa shape index (κ1) is 30.9. The van der Waals surface area contributed by atoms with E-state index in [1.165, 1.54) is 24.9 Å². The van der Waals surface area contributed by atoms with Crippen LogP contribution in [0.2, 0.25) is 0 Å². The Hall–Kier alpha value is -3.13. The number of fused-ring (bicyclic) bond motifs is 1. The molecule has 1 atom stereocenters. The van der Waals surface area contributed by atoms with E-state index in [9.17, 15) is 14.4 Å². The summed E-state index contributed by atoms with van der Waals surface area (Å²) in [4.78, 5) is 37.5. The molecule has 1 unspecified atom stereocenters. The number of nitrogens with zero attached hydrogens (tertiary/aromatic N) is 2. The number of methoxy groups -OCH3 is 1. The van der Waals surface area contributed by atoms with E-state index >= 15 is 0 Å². The van der Waals surface area contributed by atoms with Gasteiger partial charge >= 0.3 is 12.1 Å². The molecule has 2 aliphatic heterocycles. The van der Waals surface area contributed by atoms with Crippen LogP contribution in [-0.4, -0.2) is 65.7 Å². The third kappa shape index (κ3) is 9.49. The van der Waals surface area contributed by atoms with Crippen molar-refractivity contribution in [2.75, 3.05) is 26.7 Å². The van der Waals surface area contributed by atoms with E-state index in [0.29, 0.717) is 26.2 Å². The highest BCUT2D eigenvalue weighted by molar-refractivity contribution is 5.85. The van der Waals surface area contributed by atoms with Gasteiger partial charge in [0.2, 0.25) is 0 Å². The molecule has 2 aliphatic rings. The molecule has 200 valence electrons. The van der Waals surface area contributed by atoms with Crippen molar-refractivity contribution in [2.24, 2.45) is 0 Å². The Kier molecular flexibility index (Phi) is 14.9. The highest BCUT2D eigenvalue weighted by atomic mass is 16.5. The second kappa shape index (κ2) is 17.3. The molecule has 0 aliphatic carbocycles. The fourth-order valence-electron chi connectivity index (χ4n) is 4.32. The van der Waals surface area contributed by atoms with Crippen LogP contribution < -0.4 is 5.32 Å². The van der Waals surface area contributed by atoms with Crippen molar-refractivity contribution in [3.05, 3.63) is 54.1 Å². The topological polar surface area (TPSA) is 104 Å². The van der Waals surface area contributed by atoms with Crippen molar-refractivity contribution < 1.29 is 29.5 Å². The van der Waals surface area contributed by atoms with E-state index in [0.717, 1.165) is 48.9 Å². The summed E-state index contributed by atoms with van der Waals surface area (Å²) in [6, 6.07) is 5.48. The molecule has 2 amide bonds. The van der Waals surface area contributed by atoms with Crippen molar-refractivity contribution in [1.29, 1.82) is 0 Å². The molecule has 8 heteroatoms. The van der Waals surface area contributed by atoms with Crippen molar-refractivity contribution in [3.63, 3.8) is 0 Å². The lowest BCUT2D eigenvalue weighted by atomic mass is 10.0. The summed E-state index contributed by atoms with van der Waals surface area (Å²) in [5, 5.41) is 10.9. The van der Waals surface area contributed by atoms with Crippen LogP contribution in [0.25, 0.3) is 6.08 Å². The number of amides is 2. The Morgan fingerprint density at radius 2 is 1.92 bits per heavy atom. The zero-order chi connectivity index (χ0) is 26.9. The summed E-state index contributed by atoms with van der Waals surface area (Å²) in [5.74, 6) is -0.246. The highest BCUT2D eigenvalue weighted by Gasteiger charge is 2.35. The molecule has 0 spiro atoms. The zero-order valence-electron chi connectivity index (χ0n) is 22.2. The molecule has 3 N–H and O–H groups in total. The van der Waals surface area contributed by atoms with Gasteiger partial charge in [-0.25, -0.2) is 9.59 Å². The second-order valence-corrected chi connectivity index (χ2v) is 8.52. The maximum absolute atomic E-state index is 12.1. The Bertz CT molecular complexity index is 871. The largest absolute Gasteiger partial charge is 0.467 e. The summed E-state index contributed by atoms with van der Waals surface area (Å²) < 4.78 is 4.74. The number of nitrogens with two attached hydrogens (primary N) is 1. The van der Waals surface area contributed by atoms with Gasteiger partial charge in [0.1, 0.15) is 6.04 Å². The van der Waals surface area contributed by atoms with Gasteiger partial charge in [-0.3, -0.25) is 9.69 Å². The second-order valence-electron chi connectivity index (χ2n) is 8.52.